The third-order valence-corrected chi connectivity index (χ3v) is 8.46. The predicted molar refractivity (Wildman–Crippen MR) is 169 cm³/mol. The standard InChI is InChI=1S/C32H38ClN9O2/c1-17(2)26(21-10-8-9-11-22(21)33)27(39-30(43)25-14-15-34-42(25)7)29-37-23-13-12-20(16-24(23)38-29)32(5,6)31(44)35-18(3)28-36-19(4)40-41-28/h8-18,26-27H,1-7H3,(H,35,44)(H,37,38)(H,39,43)(H,36,40,41). The number of nitrogens with one attached hydrogen (secondary N) is 4. The molecule has 4 N–H and O–H groups in total. The van der Waals surface area contributed by atoms with Crippen molar-refractivity contribution >= 4 is 34.4 Å². The fourth-order valence-electron chi connectivity index (χ4n) is 5.50. The van der Waals surface area contributed by atoms with Gasteiger partial charge in [0.05, 0.1) is 28.5 Å². The van der Waals surface area contributed by atoms with Crippen molar-refractivity contribution in [2.24, 2.45) is 13.0 Å². The van der Waals surface area contributed by atoms with Gasteiger partial charge in [-0.25, -0.2) is 9.97 Å². The van der Waals surface area contributed by atoms with Gasteiger partial charge in [-0.2, -0.15) is 10.2 Å². The summed E-state index contributed by atoms with van der Waals surface area (Å²) in [7, 11) is 1.73. The number of imidazole rings is 1. The third kappa shape index (κ3) is 6.10. The number of H-pyrrole nitrogens is 2. The van der Waals surface area contributed by atoms with Crippen LogP contribution in [0.25, 0.3) is 11.0 Å². The smallest absolute Gasteiger partial charge is 0.270 e. The van der Waals surface area contributed by atoms with Gasteiger partial charge in [-0.1, -0.05) is 49.7 Å². The molecular weight excluding hydrogens is 578 g/mol. The maximum atomic E-state index is 13.5. The van der Waals surface area contributed by atoms with E-state index >= 15 is 0 Å². The monoisotopic (exact) mass is 615 g/mol. The molecule has 3 heterocycles. The lowest BCUT2D eigenvalue weighted by Gasteiger charge is -2.31. The molecule has 5 aromatic rings. The van der Waals surface area contributed by atoms with E-state index in [0.29, 0.717) is 33.7 Å². The van der Waals surface area contributed by atoms with Gasteiger partial charge in [0.25, 0.3) is 5.91 Å². The number of carbonyl (C=O) groups excluding carboxylic acids is 2. The molecular formula is C32H38ClN9O2. The Kier molecular flexibility index (Phi) is 8.60. The summed E-state index contributed by atoms with van der Waals surface area (Å²) >= 11 is 6.71. The number of rotatable bonds is 10. The van der Waals surface area contributed by atoms with Crippen LogP contribution in [0.15, 0.2) is 54.7 Å². The van der Waals surface area contributed by atoms with Crippen LogP contribution in [-0.2, 0) is 17.3 Å². The SMILES string of the molecule is Cc1nc(C(C)NC(=O)C(C)(C)c2ccc3nc(C(NC(=O)c4ccnn4C)C(c4ccccc4Cl)C(C)C)[nH]c3c2)n[nH]1. The maximum Gasteiger partial charge on any atom is 0.270 e. The lowest BCUT2D eigenvalue weighted by molar-refractivity contribution is -0.126. The van der Waals surface area contributed by atoms with Crippen molar-refractivity contribution in [3.63, 3.8) is 0 Å². The second-order valence-corrected chi connectivity index (χ2v) is 12.4. The van der Waals surface area contributed by atoms with E-state index in [-0.39, 0.29) is 29.7 Å². The zero-order valence-corrected chi connectivity index (χ0v) is 26.7. The second kappa shape index (κ2) is 12.2. The minimum atomic E-state index is -0.871. The molecule has 0 aliphatic carbocycles. The Morgan fingerprint density at radius 2 is 1.77 bits per heavy atom. The van der Waals surface area contributed by atoms with Gasteiger partial charge in [0.2, 0.25) is 5.91 Å². The Hall–Kier alpha value is -4.51. The van der Waals surface area contributed by atoms with Crippen LogP contribution in [0.2, 0.25) is 5.02 Å². The molecule has 0 bridgehead atoms. The highest BCUT2D eigenvalue weighted by Gasteiger charge is 2.35. The summed E-state index contributed by atoms with van der Waals surface area (Å²) in [6.45, 7) is 11.6. The molecule has 5 rings (SSSR count). The summed E-state index contributed by atoms with van der Waals surface area (Å²) in [6, 6.07) is 14.2. The first kappa shape index (κ1) is 30.9. The molecule has 0 aliphatic heterocycles. The van der Waals surface area contributed by atoms with E-state index in [1.165, 1.54) is 4.68 Å². The van der Waals surface area contributed by atoms with E-state index in [9.17, 15) is 9.59 Å². The molecule has 0 saturated heterocycles. The van der Waals surface area contributed by atoms with Gasteiger partial charge in [0.1, 0.15) is 17.3 Å². The number of aromatic amines is 2. The van der Waals surface area contributed by atoms with Crippen LogP contribution >= 0.6 is 11.6 Å². The molecule has 0 radical (unpaired) electrons. The lowest BCUT2D eigenvalue weighted by Crippen LogP contribution is -2.41. The molecule has 0 saturated carbocycles. The number of benzene rings is 2. The Bertz CT molecular complexity index is 1800. The lowest BCUT2D eigenvalue weighted by atomic mass is 9.81. The van der Waals surface area contributed by atoms with E-state index < -0.39 is 11.5 Å². The van der Waals surface area contributed by atoms with Crippen LogP contribution in [0.5, 0.6) is 0 Å². The number of nitrogens with zero attached hydrogens (tertiary/aromatic N) is 5. The van der Waals surface area contributed by atoms with Gasteiger partial charge in [-0.05, 0) is 69.0 Å². The summed E-state index contributed by atoms with van der Waals surface area (Å²) < 4.78 is 1.54. The maximum absolute atomic E-state index is 13.5. The molecule has 11 nitrogen and oxygen atoms in total. The van der Waals surface area contributed by atoms with Crippen molar-refractivity contribution in [3.8, 4) is 0 Å². The van der Waals surface area contributed by atoms with E-state index in [2.05, 4.69) is 49.7 Å². The van der Waals surface area contributed by atoms with Crippen LogP contribution in [0.1, 0.15) is 91.7 Å². The summed E-state index contributed by atoms with van der Waals surface area (Å²) in [6.07, 6.45) is 1.59. The largest absolute Gasteiger partial charge is 0.346 e. The molecule has 0 fully saturated rings. The van der Waals surface area contributed by atoms with Crippen LogP contribution in [0, 0.1) is 12.8 Å². The quantitative estimate of drug-likeness (QED) is 0.164. The minimum absolute atomic E-state index is 0.0907. The third-order valence-electron chi connectivity index (χ3n) is 8.12. The zero-order chi connectivity index (χ0) is 31.8. The Labute approximate surface area is 261 Å². The molecule has 230 valence electrons. The van der Waals surface area contributed by atoms with Gasteiger partial charge >= 0.3 is 0 Å². The molecule has 0 spiro atoms. The average molecular weight is 616 g/mol. The van der Waals surface area contributed by atoms with Gasteiger partial charge in [-0.15, -0.1) is 0 Å². The minimum Gasteiger partial charge on any atom is -0.346 e. The summed E-state index contributed by atoms with van der Waals surface area (Å²) in [5, 5.41) is 18.0. The van der Waals surface area contributed by atoms with Gasteiger partial charge in [0, 0.05) is 24.2 Å². The topological polar surface area (TPSA) is 146 Å². The van der Waals surface area contributed by atoms with E-state index in [1.807, 2.05) is 70.2 Å². The molecule has 3 atom stereocenters. The first-order valence-electron chi connectivity index (χ1n) is 14.6. The van der Waals surface area contributed by atoms with Crippen LogP contribution in [0.4, 0.5) is 0 Å². The van der Waals surface area contributed by atoms with E-state index in [0.717, 1.165) is 16.6 Å². The zero-order valence-electron chi connectivity index (χ0n) is 25.9. The van der Waals surface area contributed by atoms with Crippen molar-refractivity contribution in [1.29, 1.82) is 0 Å². The van der Waals surface area contributed by atoms with Crippen molar-refractivity contribution < 1.29 is 9.59 Å². The first-order valence-corrected chi connectivity index (χ1v) is 15.0. The Morgan fingerprint density at radius 1 is 1.02 bits per heavy atom. The molecule has 2 amide bonds. The molecule has 3 unspecified atom stereocenters. The number of aryl methyl sites for hydroxylation is 2. The summed E-state index contributed by atoms with van der Waals surface area (Å²) in [4.78, 5) is 39.7. The molecule has 44 heavy (non-hydrogen) atoms. The van der Waals surface area contributed by atoms with Crippen molar-refractivity contribution in [3.05, 3.63) is 94.0 Å². The van der Waals surface area contributed by atoms with Gasteiger partial charge in [-0.3, -0.25) is 19.4 Å². The number of fused-ring (bicyclic) bond motifs is 1. The highest BCUT2D eigenvalue weighted by molar-refractivity contribution is 6.31. The highest BCUT2D eigenvalue weighted by Crippen LogP contribution is 2.40. The van der Waals surface area contributed by atoms with Crippen LogP contribution in [0.3, 0.4) is 0 Å². The fraction of sp³-hybridized carbons (Fsp3) is 0.375. The Morgan fingerprint density at radius 3 is 2.41 bits per heavy atom. The van der Waals surface area contributed by atoms with Crippen LogP contribution < -0.4 is 10.6 Å². The fourth-order valence-corrected chi connectivity index (χ4v) is 5.76. The number of halogens is 1. The number of carbonyl (C=O) groups is 2. The molecule has 12 heteroatoms. The number of hydrogen-bond donors (Lipinski definition) is 4. The van der Waals surface area contributed by atoms with Crippen LogP contribution in [-0.4, -0.2) is 46.7 Å². The normalized spacial score (nSPS) is 14.0. The Balaban J connectivity index is 1.51. The molecule has 3 aromatic heterocycles. The average Bonchev–Trinajstić information content (AvgIpc) is 3.72. The van der Waals surface area contributed by atoms with Gasteiger partial charge in [0.15, 0.2) is 5.82 Å². The van der Waals surface area contributed by atoms with Gasteiger partial charge < -0.3 is 15.6 Å². The number of hydrogen-bond acceptors (Lipinski definition) is 6. The van der Waals surface area contributed by atoms with Crippen molar-refractivity contribution in [2.75, 3.05) is 0 Å². The molecule has 0 aliphatic rings. The van der Waals surface area contributed by atoms with E-state index in [1.54, 1.807) is 19.3 Å². The van der Waals surface area contributed by atoms with E-state index in [4.69, 9.17) is 16.6 Å². The number of amides is 2. The number of aromatic nitrogens is 7. The van der Waals surface area contributed by atoms with Crippen molar-refractivity contribution in [2.45, 2.75) is 65.0 Å². The summed E-state index contributed by atoms with van der Waals surface area (Å²) in [5.41, 5.74) is 2.73. The highest BCUT2D eigenvalue weighted by atomic mass is 35.5. The van der Waals surface area contributed by atoms with Crippen molar-refractivity contribution in [1.82, 2.24) is 45.6 Å². The predicted octanol–water partition coefficient (Wildman–Crippen LogP) is 5.44. The second-order valence-electron chi connectivity index (χ2n) is 12.0. The molecule has 2 aromatic carbocycles. The first-order chi connectivity index (χ1) is 20.9. The summed E-state index contributed by atoms with van der Waals surface area (Å²) in [5.74, 6) is 1.25.